The number of hydrogen-bond acceptors (Lipinski definition) is 5. The molecule has 3 aromatic rings. The van der Waals surface area contributed by atoms with Gasteiger partial charge < -0.3 is 4.74 Å². The van der Waals surface area contributed by atoms with Crippen LogP contribution in [0, 0.1) is 6.92 Å². The first-order chi connectivity index (χ1) is 15.9. The fourth-order valence-corrected chi connectivity index (χ4v) is 5.21. The van der Waals surface area contributed by atoms with Gasteiger partial charge in [-0.25, -0.2) is 4.68 Å². The number of amides is 1. The van der Waals surface area contributed by atoms with E-state index >= 15 is 0 Å². The first-order valence-corrected chi connectivity index (χ1v) is 12.3. The first-order valence-electron chi connectivity index (χ1n) is 11.1. The SMILES string of the molecule is CCOc1ccc(-c2nn(-c3ccccc3)cc2/C=C2\SC(=S)N([C@H](C)CC)C2=O)c(C)c1. The second-order valence-corrected chi connectivity index (χ2v) is 9.61. The number of carbonyl (C=O) groups is 1. The Morgan fingerprint density at radius 2 is 1.94 bits per heavy atom. The first kappa shape index (κ1) is 23.3. The van der Waals surface area contributed by atoms with Crippen molar-refractivity contribution in [3.8, 4) is 22.7 Å². The average Bonchev–Trinajstić information content (AvgIpc) is 3.35. The molecule has 0 radical (unpaired) electrons. The van der Waals surface area contributed by atoms with Gasteiger partial charge in [0.25, 0.3) is 5.91 Å². The number of rotatable bonds is 7. The summed E-state index contributed by atoms with van der Waals surface area (Å²) >= 11 is 6.87. The maximum absolute atomic E-state index is 13.1. The number of hydrogen-bond donors (Lipinski definition) is 0. The topological polar surface area (TPSA) is 47.4 Å². The summed E-state index contributed by atoms with van der Waals surface area (Å²) in [4.78, 5) is 15.5. The third-order valence-electron chi connectivity index (χ3n) is 5.67. The predicted octanol–water partition coefficient (Wildman–Crippen LogP) is 6.25. The Morgan fingerprint density at radius 1 is 1.18 bits per heavy atom. The van der Waals surface area contributed by atoms with Crippen LogP contribution in [0.15, 0.2) is 59.6 Å². The summed E-state index contributed by atoms with van der Waals surface area (Å²) in [6, 6.07) is 16.0. The molecule has 1 atom stereocenters. The number of thioether (sulfide) groups is 1. The van der Waals surface area contributed by atoms with Crippen molar-refractivity contribution in [2.24, 2.45) is 0 Å². The molecule has 1 aromatic heterocycles. The molecular formula is C26H27N3O2S2. The summed E-state index contributed by atoms with van der Waals surface area (Å²) in [5, 5.41) is 4.91. The van der Waals surface area contributed by atoms with Crippen molar-refractivity contribution in [1.29, 1.82) is 0 Å². The smallest absolute Gasteiger partial charge is 0.266 e. The monoisotopic (exact) mass is 477 g/mol. The van der Waals surface area contributed by atoms with Crippen LogP contribution in [-0.2, 0) is 4.79 Å². The van der Waals surface area contributed by atoms with E-state index in [2.05, 4.69) is 6.92 Å². The van der Waals surface area contributed by atoms with Gasteiger partial charge in [-0.15, -0.1) is 0 Å². The minimum atomic E-state index is -0.0406. The van der Waals surface area contributed by atoms with Crippen LogP contribution in [0.1, 0.15) is 38.3 Å². The number of aromatic nitrogens is 2. The lowest BCUT2D eigenvalue weighted by Crippen LogP contribution is -2.36. The van der Waals surface area contributed by atoms with Crippen molar-refractivity contribution >= 4 is 40.3 Å². The van der Waals surface area contributed by atoms with Crippen LogP contribution < -0.4 is 4.74 Å². The summed E-state index contributed by atoms with van der Waals surface area (Å²) < 4.78 is 8.12. The van der Waals surface area contributed by atoms with E-state index in [1.807, 2.05) is 86.3 Å². The maximum atomic E-state index is 13.1. The van der Waals surface area contributed by atoms with Gasteiger partial charge in [-0.3, -0.25) is 9.69 Å². The third kappa shape index (κ3) is 4.75. The number of ether oxygens (including phenoxy) is 1. The Kier molecular flexibility index (Phi) is 7.00. The molecule has 0 aliphatic carbocycles. The molecule has 7 heteroatoms. The van der Waals surface area contributed by atoms with E-state index in [-0.39, 0.29) is 11.9 Å². The van der Waals surface area contributed by atoms with Gasteiger partial charge in [0, 0.05) is 23.4 Å². The highest BCUT2D eigenvalue weighted by atomic mass is 32.2. The van der Waals surface area contributed by atoms with Crippen LogP contribution in [0.4, 0.5) is 0 Å². The van der Waals surface area contributed by atoms with E-state index in [0.717, 1.165) is 40.2 Å². The molecule has 1 amide bonds. The van der Waals surface area contributed by atoms with Crippen LogP contribution in [0.3, 0.4) is 0 Å². The van der Waals surface area contributed by atoms with Gasteiger partial charge in [-0.2, -0.15) is 5.10 Å². The van der Waals surface area contributed by atoms with Crippen LogP contribution in [-0.4, -0.2) is 37.6 Å². The molecule has 1 aliphatic heterocycles. The van der Waals surface area contributed by atoms with Crippen molar-refractivity contribution in [3.63, 3.8) is 0 Å². The van der Waals surface area contributed by atoms with Gasteiger partial charge in [0.2, 0.25) is 0 Å². The fourth-order valence-electron chi connectivity index (χ4n) is 3.76. The quantitative estimate of drug-likeness (QED) is 0.297. The number of para-hydroxylation sites is 1. The van der Waals surface area contributed by atoms with Crippen LogP contribution in [0.2, 0.25) is 0 Å². The molecule has 4 rings (SSSR count). The summed E-state index contributed by atoms with van der Waals surface area (Å²) in [5.74, 6) is 0.790. The van der Waals surface area contributed by atoms with Gasteiger partial charge in [-0.05, 0) is 69.2 Å². The van der Waals surface area contributed by atoms with Gasteiger partial charge in [0.1, 0.15) is 15.8 Å². The number of nitrogens with zero attached hydrogens (tertiary/aromatic N) is 3. The van der Waals surface area contributed by atoms with E-state index in [9.17, 15) is 4.79 Å². The number of thiocarbonyl (C=S) groups is 1. The molecule has 0 unspecified atom stereocenters. The van der Waals surface area contributed by atoms with E-state index in [0.29, 0.717) is 15.8 Å². The van der Waals surface area contributed by atoms with E-state index in [1.165, 1.54) is 11.8 Å². The summed E-state index contributed by atoms with van der Waals surface area (Å²) in [7, 11) is 0. The van der Waals surface area contributed by atoms with Gasteiger partial charge in [0.05, 0.1) is 17.2 Å². The van der Waals surface area contributed by atoms with Crippen LogP contribution in [0.25, 0.3) is 23.0 Å². The standard InChI is InChI=1S/C26H27N3O2S2/c1-5-18(4)29-25(30)23(33-26(29)32)15-19-16-28(20-10-8-7-9-11-20)27-24(19)22-13-12-21(31-6-2)14-17(22)3/h7-16,18H,5-6H2,1-4H3/b23-15-/t18-/m1/s1. The Hall–Kier alpha value is -2.90. The molecule has 0 bridgehead atoms. The highest BCUT2D eigenvalue weighted by Gasteiger charge is 2.35. The van der Waals surface area contributed by atoms with Crippen molar-refractivity contribution in [1.82, 2.24) is 14.7 Å². The second-order valence-electron chi connectivity index (χ2n) is 7.93. The fraction of sp³-hybridized carbons (Fsp3) is 0.269. The van der Waals surface area contributed by atoms with Crippen LogP contribution in [0.5, 0.6) is 5.75 Å². The zero-order valence-corrected chi connectivity index (χ0v) is 20.9. The molecule has 0 spiro atoms. The summed E-state index contributed by atoms with van der Waals surface area (Å²) in [6.45, 7) is 8.72. The molecule has 5 nitrogen and oxygen atoms in total. The maximum Gasteiger partial charge on any atom is 0.266 e. The number of aryl methyl sites for hydroxylation is 1. The predicted molar refractivity (Wildman–Crippen MR) is 140 cm³/mol. The Labute approximate surface area is 204 Å². The third-order valence-corrected chi connectivity index (χ3v) is 7.00. The molecule has 2 heterocycles. The zero-order chi connectivity index (χ0) is 23.5. The van der Waals surface area contributed by atoms with E-state index in [1.54, 1.807) is 4.90 Å². The van der Waals surface area contributed by atoms with Crippen molar-refractivity contribution < 1.29 is 9.53 Å². The van der Waals surface area contributed by atoms with Crippen molar-refractivity contribution in [3.05, 3.63) is 70.8 Å². The lowest BCUT2D eigenvalue weighted by atomic mass is 10.0. The molecule has 1 saturated heterocycles. The Balaban J connectivity index is 1.81. The Morgan fingerprint density at radius 3 is 2.61 bits per heavy atom. The van der Waals surface area contributed by atoms with Crippen molar-refractivity contribution in [2.75, 3.05) is 6.61 Å². The molecular weight excluding hydrogens is 450 g/mol. The molecule has 0 saturated carbocycles. The van der Waals surface area contributed by atoms with Crippen molar-refractivity contribution in [2.45, 2.75) is 40.2 Å². The lowest BCUT2D eigenvalue weighted by molar-refractivity contribution is -0.123. The summed E-state index contributed by atoms with van der Waals surface area (Å²) in [6.07, 6.45) is 4.73. The summed E-state index contributed by atoms with van der Waals surface area (Å²) in [5.41, 5.74) is 4.69. The molecule has 0 N–H and O–H groups in total. The van der Waals surface area contributed by atoms with Gasteiger partial charge in [-0.1, -0.05) is 49.1 Å². The van der Waals surface area contributed by atoms with Crippen LogP contribution >= 0.6 is 24.0 Å². The zero-order valence-electron chi connectivity index (χ0n) is 19.2. The highest BCUT2D eigenvalue weighted by Crippen LogP contribution is 2.37. The molecule has 170 valence electrons. The average molecular weight is 478 g/mol. The molecule has 2 aromatic carbocycles. The van der Waals surface area contributed by atoms with Gasteiger partial charge in [0.15, 0.2) is 0 Å². The number of carbonyl (C=O) groups excluding carboxylic acids is 1. The minimum Gasteiger partial charge on any atom is -0.494 e. The Bertz CT molecular complexity index is 1220. The highest BCUT2D eigenvalue weighted by molar-refractivity contribution is 8.26. The number of benzene rings is 2. The second kappa shape index (κ2) is 9.93. The molecule has 1 aliphatic rings. The minimum absolute atomic E-state index is 0.0406. The largest absolute Gasteiger partial charge is 0.494 e. The molecule has 33 heavy (non-hydrogen) atoms. The lowest BCUT2D eigenvalue weighted by Gasteiger charge is -2.21. The van der Waals surface area contributed by atoms with Gasteiger partial charge >= 0.3 is 0 Å². The molecule has 1 fully saturated rings. The van der Waals surface area contributed by atoms with E-state index in [4.69, 9.17) is 22.1 Å². The normalized spacial score (nSPS) is 16.0. The van der Waals surface area contributed by atoms with E-state index < -0.39 is 0 Å².